The molecular weight excluding hydrogens is 476 g/mol. The Kier molecular flexibility index (Phi) is 8.11. The van der Waals surface area contributed by atoms with Gasteiger partial charge in [-0.1, -0.05) is 0 Å². The van der Waals surface area contributed by atoms with Crippen LogP contribution in [0.4, 0.5) is 5.82 Å². The molecule has 4 aromatic rings. The predicted molar refractivity (Wildman–Crippen MR) is 139 cm³/mol. The molecule has 3 N–H and O–H groups in total. The number of hydrogen-bond donors (Lipinski definition) is 2. The molecule has 0 saturated carbocycles. The first-order chi connectivity index (χ1) is 17.9. The zero-order valence-corrected chi connectivity index (χ0v) is 21.2. The van der Waals surface area contributed by atoms with Crippen molar-refractivity contribution in [2.75, 3.05) is 39.7 Å². The zero-order valence-electron chi connectivity index (χ0n) is 21.2. The summed E-state index contributed by atoms with van der Waals surface area (Å²) in [7, 11) is 4.88. The average molecular weight is 507 g/mol. The maximum Gasteiger partial charge on any atom is 0.271 e. The molecular formula is C25H30N8O4. The van der Waals surface area contributed by atoms with Gasteiger partial charge in [0.25, 0.3) is 5.56 Å². The van der Waals surface area contributed by atoms with Crippen molar-refractivity contribution in [3.8, 4) is 39.8 Å². The summed E-state index contributed by atoms with van der Waals surface area (Å²) in [6.45, 7) is 4.89. The van der Waals surface area contributed by atoms with Crippen LogP contribution in [0.3, 0.4) is 0 Å². The van der Waals surface area contributed by atoms with Crippen LogP contribution in [0, 0.1) is 0 Å². The van der Waals surface area contributed by atoms with Crippen molar-refractivity contribution < 1.29 is 14.2 Å². The van der Waals surface area contributed by atoms with Crippen molar-refractivity contribution in [1.82, 2.24) is 34.8 Å². The second-order valence-electron chi connectivity index (χ2n) is 8.36. The van der Waals surface area contributed by atoms with E-state index in [4.69, 9.17) is 19.9 Å². The van der Waals surface area contributed by atoms with Gasteiger partial charge < -0.3 is 25.3 Å². The first kappa shape index (κ1) is 25.8. The van der Waals surface area contributed by atoms with Crippen LogP contribution in [0.25, 0.3) is 28.3 Å². The number of nitrogens with two attached hydrogens (primary N) is 1. The lowest BCUT2D eigenvalue weighted by molar-refractivity contribution is 0.0824. The van der Waals surface area contributed by atoms with E-state index in [1.807, 2.05) is 13.2 Å². The van der Waals surface area contributed by atoms with Crippen LogP contribution >= 0.6 is 0 Å². The normalized spacial score (nSPS) is 15.0. The first-order valence-corrected chi connectivity index (χ1v) is 11.6. The fourth-order valence-corrected chi connectivity index (χ4v) is 3.61. The molecule has 1 saturated heterocycles. The number of nitrogens with zero attached hydrogens (tertiary/aromatic N) is 6. The quantitative estimate of drug-likeness (QED) is 0.410. The molecule has 0 bridgehead atoms. The molecule has 4 heterocycles. The molecule has 0 spiro atoms. The van der Waals surface area contributed by atoms with E-state index in [0.29, 0.717) is 40.3 Å². The molecule has 0 amide bonds. The number of benzene rings is 1. The highest BCUT2D eigenvalue weighted by atomic mass is 16.5. The number of nitrogen functional groups attached to an aromatic ring is 1. The Morgan fingerprint density at radius 2 is 1.86 bits per heavy atom. The van der Waals surface area contributed by atoms with Gasteiger partial charge in [0.05, 0.1) is 51.2 Å². The van der Waals surface area contributed by atoms with E-state index in [0.717, 1.165) is 25.3 Å². The molecule has 194 valence electrons. The van der Waals surface area contributed by atoms with Gasteiger partial charge in [-0.25, -0.2) is 9.97 Å². The number of methoxy groups -OCH3 is 2. The summed E-state index contributed by atoms with van der Waals surface area (Å²) in [6, 6.07) is 8.59. The molecule has 12 heteroatoms. The van der Waals surface area contributed by atoms with Crippen molar-refractivity contribution in [3.05, 3.63) is 59.3 Å². The number of morpholine rings is 1. The van der Waals surface area contributed by atoms with Gasteiger partial charge in [-0.05, 0) is 13.0 Å². The largest absolute Gasteiger partial charge is 0.497 e. The second-order valence-corrected chi connectivity index (χ2v) is 8.36. The van der Waals surface area contributed by atoms with E-state index in [1.165, 1.54) is 25.0 Å². The maximum atomic E-state index is 12.5. The van der Waals surface area contributed by atoms with Gasteiger partial charge in [-0.3, -0.25) is 9.48 Å². The van der Waals surface area contributed by atoms with Gasteiger partial charge in [0.1, 0.15) is 22.9 Å². The molecule has 37 heavy (non-hydrogen) atoms. The Labute approximate surface area is 214 Å². The molecule has 0 aliphatic carbocycles. The molecule has 5 rings (SSSR count). The smallest absolute Gasteiger partial charge is 0.271 e. The predicted octanol–water partition coefficient (Wildman–Crippen LogP) is 1.68. The van der Waals surface area contributed by atoms with E-state index in [9.17, 15) is 4.79 Å². The topological polar surface area (TPSA) is 144 Å². The number of nitrogens with one attached hydrogen (secondary N) is 1. The second kappa shape index (κ2) is 11.6. The molecule has 12 nitrogen and oxygen atoms in total. The lowest BCUT2D eigenvalue weighted by atomic mass is 10.2. The highest BCUT2D eigenvalue weighted by Gasteiger charge is 2.14. The van der Waals surface area contributed by atoms with Crippen molar-refractivity contribution in [2.45, 2.75) is 13.0 Å². The fourth-order valence-electron chi connectivity index (χ4n) is 3.61. The van der Waals surface area contributed by atoms with Gasteiger partial charge in [0.2, 0.25) is 0 Å². The number of aryl methyl sites for hydroxylation is 1. The number of hydrogen-bond acceptors (Lipinski definition) is 10. The van der Waals surface area contributed by atoms with Crippen molar-refractivity contribution in [1.29, 1.82) is 0 Å². The van der Waals surface area contributed by atoms with Crippen LogP contribution in [0.2, 0.25) is 0 Å². The van der Waals surface area contributed by atoms with E-state index < -0.39 is 0 Å². The minimum absolute atomic E-state index is 0.198. The molecule has 1 aliphatic heterocycles. The van der Waals surface area contributed by atoms with Gasteiger partial charge >= 0.3 is 0 Å². The van der Waals surface area contributed by atoms with Crippen LogP contribution in [0.5, 0.6) is 11.5 Å². The van der Waals surface area contributed by atoms with Crippen molar-refractivity contribution >= 4 is 5.82 Å². The SMILES string of the molecule is CC1COCCN1.COc1cc(OC)cc(-n2nc(-c3nc(-c4cnn(C)c4)cnc3N)ccc2=O)c1. The Hall–Kier alpha value is -4.29. The third-order valence-corrected chi connectivity index (χ3v) is 5.53. The molecule has 0 radical (unpaired) electrons. The lowest BCUT2D eigenvalue weighted by Gasteiger charge is -2.19. The zero-order chi connectivity index (χ0) is 26.4. The summed E-state index contributed by atoms with van der Waals surface area (Å²) >= 11 is 0. The highest BCUT2D eigenvalue weighted by Crippen LogP contribution is 2.26. The number of aromatic nitrogens is 6. The summed E-state index contributed by atoms with van der Waals surface area (Å²) in [5.41, 5.74) is 8.35. The number of rotatable bonds is 5. The Morgan fingerprint density at radius 3 is 2.43 bits per heavy atom. The van der Waals surface area contributed by atoms with E-state index in [-0.39, 0.29) is 11.4 Å². The lowest BCUT2D eigenvalue weighted by Crippen LogP contribution is -2.38. The van der Waals surface area contributed by atoms with Crippen molar-refractivity contribution in [2.24, 2.45) is 7.05 Å². The standard InChI is InChI=1S/C20H19N7O3.C5H11NO/c1-26-11-12(9-23-26)17-10-22-20(21)19(24-17)16-4-5-18(28)27(25-16)13-6-14(29-2)8-15(7-13)30-3;1-5-4-7-3-2-6-5/h4-11H,1-3H3,(H2,21,22);5-6H,2-4H2,1H3. The fraction of sp³-hybridized carbons (Fsp3) is 0.320. The monoisotopic (exact) mass is 506 g/mol. The van der Waals surface area contributed by atoms with E-state index in [2.05, 4.69) is 32.4 Å². The Morgan fingerprint density at radius 1 is 1.11 bits per heavy atom. The Bertz CT molecular complexity index is 1390. The maximum absolute atomic E-state index is 12.5. The van der Waals surface area contributed by atoms with Crippen molar-refractivity contribution in [3.63, 3.8) is 0 Å². The molecule has 3 aromatic heterocycles. The summed E-state index contributed by atoms with van der Waals surface area (Å²) in [5, 5.41) is 11.9. The summed E-state index contributed by atoms with van der Waals surface area (Å²) in [6.07, 6.45) is 5.07. The molecule has 1 aliphatic rings. The van der Waals surface area contributed by atoms with Crippen LogP contribution in [-0.4, -0.2) is 69.5 Å². The number of anilines is 1. The van der Waals surface area contributed by atoms with Gasteiger partial charge in [0.15, 0.2) is 5.82 Å². The average Bonchev–Trinajstić information content (AvgIpc) is 3.36. The van der Waals surface area contributed by atoms with E-state index in [1.54, 1.807) is 41.3 Å². The van der Waals surface area contributed by atoms with Gasteiger partial charge in [0, 0.05) is 55.7 Å². The summed E-state index contributed by atoms with van der Waals surface area (Å²) < 4.78 is 18.6. The van der Waals surface area contributed by atoms with Gasteiger partial charge in [-0.2, -0.15) is 14.9 Å². The summed E-state index contributed by atoms with van der Waals surface area (Å²) in [4.78, 5) is 21.3. The molecule has 1 fully saturated rings. The van der Waals surface area contributed by atoms with Crippen LogP contribution in [0.1, 0.15) is 6.92 Å². The molecule has 1 unspecified atom stereocenters. The number of ether oxygens (including phenoxy) is 3. The first-order valence-electron chi connectivity index (χ1n) is 11.6. The van der Waals surface area contributed by atoms with Crippen LogP contribution in [0.15, 0.2) is 53.7 Å². The van der Waals surface area contributed by atoms with Crippen LogP contribution in [-0.2, 0) is 11.8 Å². The van der Waals surface area contributed by atoms with E-state index >= 15 is 0 Å². The van der Waals surface area contributed by atoms with Gasteiger partial charge in [-0.15, -0.1) is 0 Å². The third kappa shape index (κ3) is 6.29. The summed E-state index contributed by atoms with van der Waals surface area (Å²) in [5.74, 6) is 1.26. The Balaban J connectivity index is 0.000000396. The molecule has 1 atom stereocenters. The minimum Gasteiger partial charge on any atom is -0.497 e. The minimum atomic E-state index is -0.330. The van der Waals surface area contributed by atoms with Crippen LogP contribution < -0.4 is 26.1 Å². The molecule has 1 aromatic carbocycles. The third-order valence-electron chi connectivity index (χ3n) is 5.53. The highest BCUT2D eigenvalue weighted by molar-refractivity contribution is 5.70.